The highest BCUT2D eigenvalue weighted by Gasteiger charge is 2.45. The van der Waals surface area contributed by atoms with Gasteiger partial charge in [0.1, 0.15) is 6.07 Å². The number of nitrogens with one attached hydrogen (secondary N) is 1. The third-order valence-corrected chi connectivity index (χ3v) is 8.16. The number of carbonyl (C=O) groups is 1. The lowest BCUT2D eigenvalue weighted by molar-refractivity contribution is -0.108. The molecule has 2 aromatic heterocycles. The number of carboxylic acid groups (broad SMARTS) is 1. The van der Waals surface area contributed by atoms with E-state index in [1.54, 1.807) is 0 Å². The Balaban J connectivity index is 1.59. The first-order valence-corrected chi connectivity index (χ1v) is 13.4. The highest BCUT2D eigenvalue weighted by atomic mass is 35.5. The summed E-state index contributed by atoms with van der Waals surface area (Å²) in [5.41, 5.74) is 2.26. The molecule has 0 bridgehead atoms. The molecule has 39 heavy (non-hydrogen) atoms. The number of halogens is 1. The lowest BCUT2D eigenvalue weighted by Crippen LogP contribution is -2.53. The topological polar surface area (TPSA) is 144 Å². The first-order valence-electron chi connectivity index (χ1n) is 13.0. The number of benzene rings is 1. The second-order valence-electron chi connectivity index (χ2n) is 10.6. The largest absolute Gasteiger partial charge is 0.476 e. The normalized spacial score (nSPS) is 23.9. The molecule has 2 aliphatic heterocycles. The van der Waals surface area contributed by atoms with Crippen molar-refractivity contribution >= 4 is 40.1 Å². The molecule has 5 rings (SSSR count). The zero-order valence-electron chi connectivity index (χ0n) is 22.1. The molecule has 0 amide bonds. The van der Waals surface area contributed by atoms with Crippen LogP contribution in [0.1, 0.15) is 66.5 Å². The highest BCUT2D eigenvalue weighted by molar-refractivity contribution is 6.33. The molecule has 3 unspecified atom stereocenters. The Hall–Kier alpha value is -3.52. The molecule has 11 heteroatoms. The Bertz CT molecular complexity index is 1470. The van der Waals surface area contributed by atoms with Gasteiger partial charge in [0, 0.05) is 36.9 Å². The van der Waals surface area contributed by atoms with Gasteiger partial charge >= 0.3 is 5.97 Å². The van der Waals surface area contributed by atoms with Crippen LogP contribution < -0.4 is 10.2 Å². The summed E-state index contributed by atoms with van der Waals surface area (Å²) < 4.78 is 5.74. The zero-order chi connectivity index (χ0) is 27.9. The summed E-state index contributed by atoms with van der Waals surface area (Å²) >= 11 is 6.35. The molecule has 3 aromatic rings. The van der Waals surface area contributed by atoms with Crippen LogP contribution >= 0.6 is 11.6 Å². The van der Waals surface area contributed by atoms with Gasteiger partial charge < -0.3 is 25.2 Å². The van der Waals surface area contributed by atoms with Crippen molar-refractivity contribution in [3.8, 4) is 6.07 Å². The number of aliphatic hydroxyl groups is 1. The van der Waals surface area contributed by atoms with Gasteiger partial charge in [-0.15, -0.1) is 0 Å². The Morgan fingerprint density at radius 1 is 1.38 bits per heavy atom. The van der Waals surface area contributed by atoms with E-state index in [-0.39, 0.29) is 34.1 Å². The third kappa shape index (κ3) is 5.10. The number of fused-ring (bicyclic) bond motifs is 1. The van der Waals surface area contributed by atoms with Crippen LogP contribution in [0.3, 0.4) is 0 Å². The second-order valence-corrected chi connectivity index (χ2v) is 11.0. The molecule has 1 aromatic carbocycles. The first kappa shape index (κ1) is 27.1. The molecule has 204 valence electrons. The van der Waals surface area contributed by atoms with Crippen molar-refractivity contribution in [2.24, 2.45) is 5.92 Å². The lowest BCUT2D eigenvalue weighted by Gasteiger charge is -2.43. The number of anilines is 2. The van der Waals surface area contributed by atoms with E-state index in [9.17, 15) is 20.3 Å². The molecule has 0 spiro atoms. The van der Waals surface area contributed by atoms with E-state index < -0.39 is 17.6 Å². The predicted octanol–water partition coefficient (Wildman–Crippen LogP) is 4.49. The molecular weight excluding hydrogens is 520 g/mol. The summed E-state index contributed by atoms with van der Waals surface area (Å²) in [6.07, 6.45) is 3.66. The van der Waals surface area contributed by atoms with E-state index in [4.69, 9.17) is 26.3 Å². The van der Waals surface area contributed by atoms with Gasteiger partial charge in [-0.3, -0.25) is 0 Å². The van der Waals surface area contributed by atoms with Crippen LogP contribution in [-0.2, 0) is 4.74 Å². The standard InChI is InChI=1S/C28H31ClN6O4/c1-15-11-17(16(2)32-24-19(29)6-8-31-25(24)27(36)37)23-20(12-15)33-21(13-30)26(34-23)35-9-4-5-22(35)18-14-39-10-7-28(18,3)38/h6,8,11-12,16,18,22,32,38H,4-5,7,9-10,14H2,1-3H3,(H,36,37)/t16-,18?,22?,28?/m1/s1. The molecule has 4 atom stereocenters. The monoisotopic (exact) mass is 550 g/mol. The fraction of sp³-hybridized carbons (Fsp3) is 0.464. The molecular formula is C28H31ClN6O4. The SMILES string of the molecule is Cc1cc([C@@H](C)Nc2c(Cl)ccnc2C(=O)O)c2nc(N3CCCC3C3COCCC3(C)O)c(C#N)nc2c1. The minimum atomic E-state index is -1.19. The second kappa shape index (κ2) is 10.6. The average molecular weight is 551 g/mol. The molecule has 0 radical (unpaired) electrons. The number of carboxylic acids is 1. The fourth-order valence-electron chi connectivity index (χ4n) is 5.81. The van der Waals surface area contributed by atoms with E-state index in [2.05, 4.69) is 21.3 Å². The highest BCUT2D eigenvalue weighted by Crippen LogP contribution is 2.39. The third-order valence-electron chi connectivity index (χ3n) is 7.85. The van der Waals surface area contributed by atoms with Gasteiger partial charge in [-0.1, -0.05) is 17.7 Å². The van der Waals surface area contributed by atoms with Crippen molar-refractivity contribution in [2.75, 3.05) is 30.0 Å². The Labute approximate surface area is 231 Å². The van der Waals surface area contributed by atoms with E-state index in [0.717, 1.165) is 24.0 Å². The van der Waals surface area contributed by atoms with Crippen LogP contribution in [0.25, 0.3) is 11.0 Å². The average Bonchev–Trinajstić information content (AvgIpc) is 3.37. The van der Waals surface area contributed by atoms with Crippen LogP contribution in [0.2, 0.25) is 5.02 Å². The predicted molar refractivity (Wildman–Crippen MR) is 147 cm³/mol. The first-order chi connectivity index (χ1) is 18.6. The molecule has 2 aliphatic rings. The van der Waals surface area contributed by atoms with Gasteiger partial charge in [-0.25, -0.2) is 19.7 Å². The number of aromatic carboxylic acids is 1. The maximum Gasteiger partial charge on any atom is 0.356 e. The van der Waals surface area contributed by atoms with Gasteiger partial charge in [0.05, 0.1) is 40.0 Å². The summed E-state index contributed by atoms with van der Waals surface area (Å²) in [4.78, 5) is 27.6. The van der Waals surface area contributed by atoms with Crippen molar-refractivity contribution < 1.29 is 19.7 Å². The van der Waals surface area contributed by atoms with Crippen molar-refractivity contribution in [2.45, 2.75) is 57.7 Å². The molecule has 0 saturated carbocycles. The summed E-state index contributed by atoms with van der Waals surface area (Å²) in [5, 5.41) is 34.3. The minimum absolute atomic E-state index is 0.0454. The maximum absolute atomic E-state index is 11.8. The van der Waals surface area contributed by atoms with Crippen molar-refractivity contribution in [1.82, 2.24) is 15.0 Å². The maximum atomic E-state index is 11.8. The number of aryl methyl sites for hydroxylation is 1. The van der Waals surface area contributed by atoms with Crippen molar-refractivity contribution in [1.29, 1.82) is 5.26 Å². The van der Waals surface area contributed by atoms with Gasteiger partial charge in [0.2, 0.25) is 0 Å². The smallest absolute Gasteiger partial charge is 0.356 e. The van der Waals surface area contributed by atoms with Crippen LogP contribution in [0.4, 0.5) is 11.5 Å². The van der Waals surface area contributed by atoms with Crippen LogP contribution in [-0.4, -0.2) is 62.5 Å². The quantitative estimate of drug-likeness (QED) is 0.401. The van der Waals surface area contributed by atoms with E-state index in [0.29, 0.717) is 43.0 Å². The summed E-state index contributed by atoms with van der Waals surface area (Å²) in [7, 11) is 0. The van der Waals surface area contributed by atoms with Gasteiger partial charge in [0.15, 0.2) is 17.2 Å². The van der Waals surface area contributed by atoms with Gasteiger partial charge in [0.25, 0.3) is 0 Å². The molecule has 3 N–H and O–H groups in total. The number of rotatable bonds is 6. The van der Waals surface area contributed by atoms with E-state index >= 15 is 0 Å². The number of ether oxygens (including phenoxy) is 1. The van der Waals surface area contributed by atoms with Crippen LogP contribution in [0.15, 0.2) is 24.4 Å². The molecule has 2 saturated heterocycles. The molecule has 4 heterocycles. The minimum Gasteiger partial charge on any atom is -0.476 e. The number of hydrogen-bond donors (Lipinski definition) is 3. The number of nitrogens with zero attached hydrogens (tertiary/aromatic N) is 5. The number of aromatic nitrogens is 3. The van der Waals surface area contributed by atoms with Crippen molar-refractivity contribution in [3.63, 3.8) is 0 Å². The number of nitriles is 1. The summed E-state index contributed by atoms with van der Waals surface area (Å²) in [6, 6.07) is 7.15. The number of hydrogen-bond acceptors (Lipinski definition) is 9. The molecule has 2 fully saturated rings. The van der Waals surface area contributed by atoms with Gasteiger partial charge in [-0.05, 0) is 57.7 Å². The van der Waals surface area contributed by atoms with E-state index in [1.807, 2.05) is 32.9 Å². The van der Waals surface area contributed by atoms with Crippen LogP contribution in [0.5, 0.6) is 0 Å². The summed E-state index contributed by atoms with van der Waals surface area (Å²) in [5.74, 6) is -0.834. The van der Waals surface area contributed by atoms with Crippen molar-refractivity contribution in [3.05, 3.63) is 51.9 Å². The summed E-state index contributed by atoms with van der Waals surface area (Å²) in [6.45, 7) is 7.33. The van der Waals surface area contributed by atoms with Crippen LogP contribution in [0, 0.1) is 24.2 Å². The Morgan fingerprint density at radius 3 is 2.90 bits per heavy atom. The lowest BCUT2D eigenvalue weighted by atomic mass is 9.79. The molecule has 10 nitrogen and oxygen atoms in total. The number of pyridine rings is 1. The van der Waals surface area contributed by atoms with Gasteiger partial charge in [-0.2, -0.15) is 5.26 Å². The molecule has 0 aliphatic carbocycles. The zero-order valence-corrected chi connectivity index (χ0v) is 22.9. The fourth-order valence-corrected chi connectivity index (χ4v) is 6.01. The Morgan fingerprint density at radius 2 is 2.18 bits per heavy atom. The van der Waals surface area contributed by atoms with E-state index in [1.165, 1.54) is 12.3 Å². The Kier molecular flexibility index (Phi) is 7.33.